The van der Waals surface area contributed by atoms with Crippen LogP contribution < -0.4 is 15.4 Å². The van der Waals surface area contributed by atoms with Crippen molar-refractivity contribution < 1.29 is 14.3 Å². The fourth-order valence-electron chi connectivity index (χ4n) is 2.38. The van der Waals surface area contributed by atoms with Crippen molar-refractivity contribution >= 4 is 38.9 Å². The molecule has 0 aliphatic heterocycles. The van der Waals surface area contributed by atoms with E-state index in [9.17, 15) is 4.79 Å². The lowest BCUT2D eigenvalue weighted by Gasteiger charge is -2.12. The van der Waals surface area contributed by atoms with Crippen LogP contribution in [0.3, 0.4) is 0 Å². The maximum atomic E-state index is 11.3. The fraction of sp³-hybridized carbons (Fsp3) is 0.167. The van der Waals surface area contributed by atoms with E-state index in [4.69, 9.17) is 4.74 Å². The van der Waals surface area contributed by atoms with Crippen molar-refractivity contribution in [1.29, 1.82) is 0 Å². The third-order valence-corrected chi connectivity index (χ3v) is 4.68. The van der Waals surface area contributed by atoms with Crippen LogP contribution in [-0.4, -0.2) is 20.3 Å². The van der Waals surface area contributed by atoms with Gasteiger partial charge in [-0.1, -0.05) is 18.2 Å². The van der Waals surface area contributed by atoms with E-state index in [0.717, 1.165) is 12.2 Å². The molecule has 2 N–H and O–H groups in total. The van der Waals surface area contributed by atoms with Gasteiger partial charge in [-0.05, 0) is 29.7 Å². The minimum Gasteiger partial charge on any atom is -0.494 e. The van der Waals surface area contributed by atoms with Crippen molar-refractivity contribution in [3.63, 3.8) is 0 Å². The number of anilines is 2. The summed E-state index contributed by atoms with van der Waals surface area (Å²) in [5, 5.41) is 7.25. The summed E-state index contributed by atoms with van der Waals surface area (Å²) in [6.07, 6.45) is -0.528. The summed E-state index contributed by atoms with van der Waals surface area (Å²) in [5.41, 5.74) is 1.48. The molecule has 0 radical (unpaired) electrons. The number of ether oxygens (including phenoxy) is 2. The number of hydrogen-bond donors (Lipinski definition) is 2. The molecule has 1 amide bonds. The van der Waals surface area contributed by atoms with E-state index in [1.54, 1.807) is 24.5 Å². The number of carbonyl (C=O) groups is 1. The van der Waals surface area contributed by atoms with Crippen LogP contribution in [0.4, 0.5) is 16.2 Å². The molecule has 0 saturated carbocycles. The Morgan fingerprint density at radius 1 is 1.12 bits per heavy atom. The fourth-order valence-corrected chi connectivity index (χ4v) is 3.38. The Labute approximate surface area is 144 Å². The molecule has 124 valence electrons. The summed E-state index contributed by atoms with van der Waals surface area (Å²) < 4.78 is 11.2. The quantitative estimate of drug-likeness (QED) is 0.705. The highest BCUT2D eigenvalue weighted by molar-refractivity contribution is 7.19. The SMILES string of the molecule is COC(=O)Nc1ccc(NCc2cc3ccccc3s2)cc1OC. The van der Waals surface area contributed by atoms with Gasteiger partial charge in [-0.15, -0.1) is 11.3 Å². The third-order valence-electron chi connectivity index (χ3n) is 3.57. The molecular formula is C18H18N2O3S. The Morgan fingerprint density at radius 2 is 1.96 bits per heavy atom. The molecule has 24 heavy (non-hydrogen) atoms. The Morgan fingerprint density at radius 3 is 2.71 bits per heavy atom. The van der Waals surface area contributed by atoms with Crippen molar-refractivity contribution in [3.8, 4) is 5.75 Å². The maximum absolute atomic E-state index is 11.3. The van der Waals surface area contributed by atoms with Gasteiger partial charge in [-0.2, -0.15) is 0 Å². The van der Waals surface area contributed by atoms with Gasteiger partial charge in [0.1, 0.15) is 5.75 Å². The van der Waals surface area contributed by atoms with Crippen molar-refractivity contribution in [3.05, 3.63) is 53.4 Å². The molecule has 0 atom stereocenters. The first-order chi connectivity index (χ1) is 11.7. The molecule has 1 heterocycles. The normalized spacial score (nSPS) is 10.4. The Kier molecular flexibility index (Phi) is 4.86. The number of rotatable bonds is 5. The van der Waals surface area contributed by atoms with E-state index in [-0.39, 0.29) is 0 Å². The zero-order valence-corrected chi connectivity index (χ0v) is 14.3. The van der Waals surface area contributed by atoms with Crippen LogP contribution in [0.15, 0.2) is 48.5 Å². The lowest BCUT2D eigenvalue weighted by Crippen LogP contribution is -2.12. The van der Waals surface area contributed by atoms with E-state index >= 15 is 0 Å². The zero-order valence-electron chi connectivity index (χ0n) is 13.5. The van der Waals surface area contributed by atoms with Crippen LogP contribution in [0.2, 0.25) is 0 Å². The maximum Gasteiger partial charge on any atom is 0.411 e. The van der Waals surface area contributed by atoms with E-state index in [0.29, 0.717) is 11.4 Å². The molecule has 0 unspecified atom stereocenters. The summed E-state index contributed by atoms with van der Waals surface area (Å²) >= 11 is 1.77. The first-order valence-electron chi connectivity index (χ1n) is 7.44. The van der Waals surface area contributed by atoms with Gasteiger partial charge in [0.05, 0.1) is 19.9 Å². The molecule has 3 rings (SSSR count). The molecule has 5 nitrogen and oxygen atoms in total. The van der Waals surface area contributed by atoms with Gasteiger partial charge in [0.15, 0.2) is 0 Å². The summed E-state index contributed by atoms with van der Waals surface area (Å²) in [6.45, 7) is 0.728. The lowest BCUT2D eigenvalue weighted by atomic mass is 10.2. The van der Waals surface area contributed by atoms with Gasteiger partial charge < -0.3 is 14.8 Å². The topological polar surface area (TPSA) is 59.6 Å². The van der Waals surface area contributed by atoms with Gasteiger partial charge in [0.2, 0.25) is 0 Å². The second-order valence-electron chi connectivity index (χ2n) is 5.14. The van der Waals surface area contributed by atoms with Crippen molar-refractivity contribution in [2.75, 3.05) is 24.9 Å². The van der Waals surface area contributed by atoms with Gasteiger partial charge >= 0.3 is 6.09 Å². The van der Waals surface area contributed by atoms with Crippen LogP contribution in [-0.2, 0) is 11.3 Å². The number of hydrogen-bond acceptors (Lipinski definition) is 5. The molecule has 0 spiro atoms. The predicted molar refractivity (Wildman–Crippen MR) is 98.2 cm³/mol. The number of fused-ring (bicyclic) bond motifs is 1. The lowest BCUT2D eigenvalue weighted by molar-refractivity contribution is 0.187. The zero-order chi connectivity index (χ0) is 16.9. The largest absolute Gasteiger partial charge is 0.494 e. The van der Waals surface area contributed by atoms with Crippen LogP contribution in [0.1, 0.15) is 4.88 Å². The highest BCUT2D eigenvalue weighted by atomic mass is 32.1. The number of methoxy groups -OCH3 is 2. The van der Waals surface area contributed by atoms with Gasteiger partial charge in [-0.3, -0.25) is 5.32 Å². The second kappa shape index (κ2) is 7.23. The van der Waals surface area contributed by atoms with E-state index in [1.807, 2.05) is 24.3 Å². The number of thiophene rings is 1. The van der Waals surface area contributed by atoms with E-state index < -0.39 is 6.09 Å². The second-order valence-corrected chi connectivity index (χ2v) is 6.30. The van der Waals surface area contributed by atoms with Crippen molar-refractivity contribution in [2.24, 2.45) is 0 Å². The minimum absolute atomic E-state index is 0.528. The highest BCUT2D eigenvalue weighted by Gasteiger charge is 2.08. The Balaban J connectivity index is 1.71. The van der Waals surface area contributed by atoms with Crippen LogP contribution in [0.5, 0.6) is 5.75 Å². The van der Waals surface area contributed by atoms with Crippen LogP contribution >= 0.6 is 11.3 Å². The number of nitrogens with one attached hydrogen (secondary N) is 2. The predicted octanol–water partition coefficient (Wildman–Crippen LogP) is 4.70. The van der Waals surface area contributed by atoms with E-state index in [1.165, 1.54) is 22.1 Å². The standard InChI is InChI=1S/C18H18N2O3S/c1-22-16-10-13(7-8-15(16)20-18(21)23-2)19-11-14-9-12-5-3-4-6-17(12)24-14/h3-10,19H,11H2,1-2H3,(H,20,21). The van der Waals surface area contributed by atoms with Crippen LogP contribution in [0.25, 0.3) is 10.1 Å². The summed E-state index contributed by atoms with van der Waals surface area (Å²) in [7, 11) is 2.89. The molecule has 0 bridgehead atoms. The highest BCUT2D eigenvalue weighted by Crippen LogP contribution is 2.30. The van der Waals surface area contributed by atoms with Gasteiger partial charge in [-0.25, -0.2) is 4.79 Å². The summed E-state index contributed by atoms with van der Waals surface area (Å²) in [4.78, 5) is 12.6. The Hall–Kier alpha value is -2.73. The number of carbonyl (C=O) groups excluding carboxylic acids is 1. The minimum atomic E-state index is -0.528. The molecule has 0 saturated heterocycles. The van der Waals surface area contributed by atoms with E-state index in [2.05, 4.69) is 33.6 Å². The van der Waals surface area contributed by atoms with Crippen LogP contribution in [0, 0.1) is 0 Å². The number of benzene rings is 2. The van der Waals surface area contributed by atoms with Crippen molar-refractivity contribution in [1.82, 2.24) is 0 Å². The van der Waals surface area contributed by atoms with Crippen molar-refractivity contribution in [2.45, 2.75) is 6.54 Å². The molecule has 1 aromatic heterocycles. The monoisotopic (exact) mass is 342 g/mol. The molecule has 6 heteroatoms. The summed E-state index contributed by atoms with van der Waals surface area (Å²) in [6, 6.07) is 16.0. The summed E-state index contributed by atoms with van der Waals surface area (Å²) in [5.74, 6) is 0.571. The first kappa shape index (κ1) is 16.1. The molecular weight excluding hydrogens is 324 g/mol. The Bertz CT molecular complexity index is 827. The third kappa shape index (κ3) is 3.60. The van der Waals surface area contributed by atoms with Gasteiger partial charge in [0.25, 0.3) is 0 Å². The molecule has 0 aliphatic carbocycles. The molecule has 2 aromatic carbocycles. The molecule has 0 aliphatic rings. The average molecular weight is 342 g/mol. The molecule has 3 aromatic rings. The smallest absolute Gasteiger partial charge is 0.411 e. The molecule has 0 fully saturated rings. The van der Waals surface area contributed by atoms with Gasteiger partial charge in [0, 0.05) is 27.9 Å². The number of amides is 1. The first-order valence-corrected chi connectivity index (χ1v) is 8.25. The average Bonchev–Trinajstić information content (AvgIpc) is 3.03.